The van der Waals surface area contributed by atoms with Gasteiger partial charge in [0.1, 0.15) is 12.3 Å². The van der Waals surface area contributed by atoms with Crippen molar-refractivity contribution in [3.63, 3.8) is 0 Å². The first-order valence-electron chi connectivity index (χ1n) is 10.8. The van der Waals surface area contributed by atoms with Crippen molar-refractivity contribution in [2.75, 3.05) is 12.3 Å². The number of fused-ring (bicyclic) bond motifs is 1. The number of hydrogen-bond acceptors (Lipinski definition) is 7. The number of nitrogens with two attached hydrogens (primary N) is 1. The lowest BCUT2D eigenvalue weighted by atomic mass is 9.97. The zero-order chi connectivity index (χ0) is 24.3. The monoisotopic (exact) mass is 455 g/mol. The van der Waals surface area contributed by atoms with Gasteiger partial charge in [0.25, 0.3) is 0 Å². The van der Waals surface area contributed by atoms with Gasteiger partial charge in [0.05, 0.1) is 18.0 Å². The summed E-state index contributed by atoms with van der Waals surface area (Å²) in [6.45, 7) is 10.7. The van der Waals surface area contributed by atoms with Crippen molar-refractivity contribution in [3.05, 3.63) is 39.4 Å². The smallest absolute Gasteiger partial charge is 0.389 e. The van der Waals surface area contributed by atoms with Crippen LogP contribution in [-0.4, -0.2) is 22.8 Å². The van der Waals surface area contributed by atoms with Gasteiger partial charge in [-0.15, -0.1) is 0 Å². The topological polar surface area (TPSA) is 102 Å². The van der Waals surface area contributed by atoms with Crippen molar-refractivity contribution >= 4 is 5.95 Å². The summed E-state index contributed by atoms with van der Waals surface area (Å²) in [7, 11) is 0. The molecule has 178 valence electrons. The molecule has 1 aliphatic heterocycles. The summed E-state index contributed by atoms with van der Waals surface area (Å²) in [5, 5.41) is 6.07. The van der Waals surface area contributed by atoms with Gasteiger partial charge in [-0.05, 0) is 30.5 Å². The maximum atomic E-state index is 12.4. The Balaban J connectivity index is 0.00000121. The second-order valence-electron chi connectivity index (χ2n) is 6.60. The number of anilines is 1. The van der Waals surface area contributed by atoms with Gasteiger partial charge in [-0.3, -0.25) is 0 Å². The summed E-state index contributed by atoms with van der Waals surface area (Å²) >= 11 is 0. The van der Waals surface area contributed by atoms with E-state index < -0.39 is 12.6 Å². The molecule has 1 aliphatic rings. The highest BCUT2D eigenvalue weighted by Gasteiger charge is 2.27. The normalized spacial score (nSPS) is 12.1. The third-order valence-electron chi connectivity index (χ3n) is 4.41. The third-order valence-corrected chi connectivity index (χ3v) is 4.41. The number of nitrogen functional groups attached to an aromatic ring is 1. The first kappa shape index (κ1) is 27.3. The first-order valence-corrected chi connectivity index (χ1v) is 10.8. The number of nitroso groups, excluding NO2 is 1. The van der Waals surface area contributed by atoms with Crippen LogP contribution in [0.25, 0.3) is 11.3 Å². The molecule has 10 heteroatoms. The molecule has 0 fully saturated rings. The van der Waals surface area contributed by atoms with E-state index in [4.69, 9.17) is 10.5 Å². The van der Waals surface area contributed by atoms with Gasteiger partial charge in [0, 0.05) is 30.6 Å². The van der Waals surface area contributed by atoms with E-state index in [0.717, 1.165) is 16.8 Å². The predicted molar refractivity (Wildman–Crippen MR) is 120 cm³/mol. The SMILES string of the molecule is CC.CC.Cc1cc(CN=O)cc(OCCCC(F)(F)F)c1-c1nc(N)nc2c1CNC2. The average Bonchev–Trinajstić information content (AvgIpc) is 3.22. The molecule has 7 nitrogen and oxygen atoms in total. The lowest BCUT2D eigenvalue weighted by molar-refractivity contribution is -0.136. The van der Waals surface area contributed by atoms with Gasteiger partial charge in [-0.1, -0.05) is 38.9 Å². The molecule has 0 aliphatic carbocycles. The van der Waals surface area contributed by atoms with Gasteiger partial charge >= 0.3 is 6.18 Å². The van der Waals surface area contributed by atoms with Crippen LogP contribution >= 0.6 is 0 Å². The molecule has 0 atom stereocenters. The number of aryl methyl sites for hydroxylation is 1. The minimum Gasteiger partial charge on any atom is -0.493 e. The summed E-state index contributed by atoms with van der Waals surface area (Å²) in [6, 6.07) is 3.40. The maximum absolute atomic E-state index is 12.4. The molecule has 3 N–H and O–H groups in total. The minimum atomic E-state index is -4.24. The summed E-state index contributed by atoms with van der Waals surface area (Å²) in [5.41, 5.74) is 10.1. The van der Waals surface area contributed by atoms with Crippen molar-refractivity contribution in [1.82, 2.24) is 15.3 Å². The minimum absolute atomic E-state index is 0.0639. The molecule has 3 rings (SSSR count). The van der Waals surface area contributed by atoms with Crippen molar-refractivity contribution in [2.24, 2.45) is 5.18 Å². The number of ether oxygens (including phenoxy) is 1. The summed E-state index contributed by atoms with van der Waals surface area (Å²) < 4.78 is 42.9. The molecular formula is C22H32F3N5O2. The number of nitrogens with one attached hydrogen (secondary N) is 1. The summed E-state index contributed by atoms with van der Waals surface area (Å²) in [4.78, 5) is 19.3. The molecule has 2 heterocycles. The highest BCUT2D eigenvalue weighted by atomic mass is 19.4. The fraction of sp³-hybridized carbons (Fsp3) is 0.545. The maximum Gasteiger partial charge on any atom is 0.389 e. The fourth-order valence-electron chi connectivity index (χ4n) is 3.26. The lowest BCUT2D eigenvalue weighted by Crippen LogP contribution is -2.11. The molecular weight excluding hydrogens is 423 g/mol. The Hall–Kier alpha value is -2.75. The van der Waals surface area contributed by atoms with E-state index in [1.165, 1.54) is 0 Å². The molecule has 0 bridgehead atoms. The molecule has 32 heavy (non-hydrogen) atoms. The van der Waals surface area contributed by atoms with Crippen molar-refractivity contribution in [3.8, 4) is 17.0 Å². The second-order valence-corrected chi connectivity index (χ2v) is 6.60. The average molecular weight is 456 g/mol. The standard InChI is InChI=1S/C18H20F3N5O2.2C2H6/c1-10-5-11(7-24-27)6-14(28-4-2-3-18(19,20)21)15(10)16-12-8-23-9-13(12)25-17(22)26-16;2*1-2/h5-6,23H,2-4,7-9H2,1H3,(H2,22,25,26);2*1-2H3. The molecule has 2 aromatic rings. The number of rotatable bonds is 7. The van der Waals surface area contributed by atoms with Crippen LogP contribution in [0.5, 0.6) is 5.75 Å². The Labute approximate surface area is 187 Å². The highest BCUT2D eigenvalue weighted by molar-refractivity contribution is 5.75. The Morgan fingerprint density at radius 3 is 2.47 bits per heavy atom. The van der Waals surface area contributed by atoms with Gasteiger partial charge in [-0.25, -0.2) is 9.97 Å². The van der Waals surface area contributed by atoms with Gasteiger partial charge < -0.3 is 15.8 Å². The number of nitrogens with zero attached hydrogens (tertiary/aromatic N) is 3. The van der Waals surface area contributed by atoms with E-state index in [-0.39, 0.29) is 25.5 Å². The van der Waals surface area contributed by atoms with Gasteiger partial charge in [0.15, 0.2) is 0 Å². The number of alkyl halides is 3. The third kappa shape index (κ3) is 7.44. The van der Waals surface area contributed by atoms with Crippen LogP contribution in [-0.2, 0) is 19.6 Å². The van der Waals surface area contributed by atoms with Crippen LogP contribution < -0.4 is 15.8 Å². The molecule has 0 saturated heterocycles. The Kier molecular flexibility index (Phi) is 11.0. The molecule has 1 aromatic carbocycles. The number of aromatic nitrogens is 2. The first-order chi connectivity index (χ1) is 15.3. The fourth-order valence-corrected chi connectivity index (χ4v) is 3.26. The van der Waals surface area contributed by atoms with Crippen LogP contribution in [0.4, 0.5) is 19.1 Å². The van der Waals surface area contributed by atoms with E-state index in [0.29, 0.717) is 35.7 Å². The van der Waals surface area contributed by atoms with E-state index in [1.54, 1.807) is 12.1 Å². The Bertz CT molecular complexity index is 889. The Morgan fingerprint density at radius 2 is 1.84 bits per heavy atom. The zero-order valence-electron chi connectivity index (χ0n) is 19.3. The van der Waals surface area contributed by atoms with Crippen LogP contribution in [0, 0.1) is 11.8 Å². The number of benzene rings is 1. The lowest BCUT2D eigenvalue weighted by Gasteiger charge is -2.17. The van der Waals surface area contributed by atoms with E-state index in [9.17, 15) is 18.1 Å². The quantitative estimate of drug-likeness (QED) is 0.411. The molecule has 0 amide bonds. The molecule has 0 spiro atoms. The van der Waals surface area contributed by atoms with Crippen molar-refractivity contribution in [2.45, 2.75) is 73.3 Å². The van der Waals surface area contributed by atoms with Crippen molar-refractivity contribution in [1.29, 1.82) is 0 Å². The zero-order valence-corrected chi connectivity index (χ0v) is 19.3. The van der Waals surface area contributed by atoms with Crippen LogP contribution in [0.1, 0.15) is 62.9 Å². The largest absolute Gasteiger partial charge is 0.493 e. The summed E-state index contributed by atoms with van der Waals surface area (Å²) in [6.07, 6.45) is -5.35. The van der Waals surface area contributed by atoms with Crippen molar-refractivity contribution < 1.29 is 17.9 Å². The van der Waals surface area contributed by atoms with Crippen LogP contribution in [0.2, 0.25) is 0 Å². The second kappa shape index (κ2) is 12.9. The van der Waals surface area contributed by atoms with E-state index >= 15 is 0 Å². The predicted octanol–water partition coefficient (Wildman–Crippen LogP) is 5.68. The van der Waals surface area contributed by atoms with Crippen LogP contribution in [0.3, 0.4) is 0 Å². The number of hydrogen-bond donors (Lipinski definition) is 2. The summed E-state index contributed by atoms with van der Waals surface area (Å²) in [5.74, 6) is 0.464. The van der Waals surface area contributed by atoms with E-state index in [2.05, 4.69) is 20.5 Å². The molecule has 0 unspecified atom stereocenters. The van der Waals surface area contributed by atoms with Crippen LogP contribution in [0.15, 0.2) is 17.3 Å². The van der Waals surface area contributed by atoms with Gasteiger partial charge in [-0.2, -0.15) is 18.1 Å². The molecule has 0 saturated carbocycles. The molecule has 0 radical (unpaired) electrons. The number of halogens is 3. The van der Waals surface area contributed by atoms with E-state index in [1.807, 2.05) is 34.6 Å². The Morgan fingerprint density at radius 1 is 1.16 bits per heavy atom. The van der Waals surface area contributed by atoms with Gasteiger partial charge in [0.2, 0.25) is 5.95 Å². The highest BCUT2D eigenvalue weighted by Crippen LogP contribution is 2.38. The molecule has 1 aromatic heterocycles.